The third-order valence-electron chi connectivity index (χ3n) is 3.93. The fraction of sp³-hybridized carbons (Fsp3) is 0.316. The number of nitrogens with zero attached hydrogens (tertiary/aromatic N) is 1. The first-order chi connectivity index (χ1) is 13.3. The Morgan fingerprint density at radius 2 is 1.79 bits per heavy atom. The minimum absolute atomic E-state index is 0.0835. The molecule has 0 saturated heterocycles. The number of rotatable bonds is 9. The van der Waals surface area contributed by atoms with Gasteiger partial charge in [0.25, 0.3) is 0 Å². The molecule has 0 heterocycles. The van der Waals surface area contributed by atoms with Crippen LogP contribution in [0.15, 0.2) is 47.4 Å². The van der Waals surface area contributed by atoms with Gasteiger partial charge in [0.2, 0.25) is 15.9 Å². The molecule has 0 unspecified atom stereocenters. The van der Waals surface area contributed by atoms with E-state index in [2.05, 4.69) is 5.32 Å². The number of hydrogen-bond donors (Lipinski definition) is 1. The lowest BCUT2D eigenvalue weighted by Gasteiger charge is -2.21. The van der Waals surface area contributed by atoms with E-state index in [1.165, 1.54) is 38.5 Å². The highest BCUT2D eigenvalue weighted by molar-refractivity contribution is 7.89. The molecule has 2 aromatic rings. The van der Waals surface area contributed by atoms with Crippen molar-refractivity contribution in [3.05, 3.63) is 47.5 Å². The normalized spacial score (nSPS) is 11.3. The van der Waals surface area contributed by atoms with E-state index in [1.54, 1.807) is 18.2 Å². The Kier molecular flexibility index (Phi) is 7.68. The zero-order valence-corrected chi connectivity index (χ0v) is 17.5. The average Bonchev–Trinajstić information content (AvgIpc) is 2.68. The summed E-state index contributed by atoms with van der Waals surface area (Å²) in [6.07, 6.45) is 0.561. The number of anilines is 1. The standard InChI is InChI=1S/C19H23ClN2O5S/c1-4-11-22(28(24,25)16-8-5-14(20)6-9-16)13-19(23)21-17-10-7-15(26-2)12-18(17)27-3/h5-10,12H,4,11,13H2,1-3H3,(H,21,23). The van der Waals surface area contributed by atoms with Gasteiger partial charge in [-0.3, -0.25) is 4.79 Å². The highest BCUT2D eigenvalue weighted by atomic mass is 35.5. The summed E-state index contributed by atoms with van der Waals surface area (Å²) in [5.74, 6) is 0.512. The lowest BCUT2D eigenvalue weighted by molar-refractivity contribution is -0.116. The van der Waals surface area contributed by atoms with Crippen LogP contribution in [0.2, 0.25) is 5.02 Å². The van der Waals surface area contributed by atoms with Crippen LogP contribution in [-0.2, 0) is 14.8 Å². The Hall–Kier alpha value is -2.29. The van der Waals surface area contributed by atoms with E-state index in [9.17, 15) is 13.2 Å². The summed E-state index contributed by atoms with van der Waals surface area (Å²) >= 11 is 5.83. The van der Waals surface area contributed by atoms with Gasteiger partial charge in [-0.05, 0) is 42.8 Å². The summed E-state index contributed by atoms with van der Waals surface area (Å²) in [5.41, 5.74) is 0.425. The molecule has 28 heavy (non-hydrogen) atoms. The molecule has 2 aromatic carbocycles. The molecular formula is C19H23ClN2O5S. The maximum absolute atomic E-state index is 12.9. The zero-order chi connectivity index (χ0) is 20.7. The van der Waals surface area contributed by atoms with Crippen LogP contribution in [0.3, 0.4) is 0 Å². The topological polar surface area (TPSA) is 84.9 Å². The van der Waals surface area contributed by atoms with Crippen molar-refractivity contribution in [2.75, 3.05) is 32.6 Å². The molecule has 152 valence electrons. The second-order valence-corrected chi connectivity index (χ2v) is 8.28. The first kappa shape index (κ1) is 22.0. The van der Waals surface area contributed by atoms with E-state index in [0.29, 0.717) is 28.6 Å². The van der Waals surface area contributed by atoms with Crippen LogP contribution in [0, 0.1) is 0 Å². The molecule has 1 amide bonds. The molecule has 0 aliphatic carbocycles. The highest BCUT2D eigenvalue weighted by Crippen LogP contribution is 2.29. The molecule has 0 saturated carbocycles. The number of sulfonamides is 1. The number of halogens is 1. The molecule has 2 rings (SSSR count). The molecule has 0 aliphatic rings. The number of hydrogen-bond acceptors (Lipinski definition) is 5. The monoisotopic (exact) mass is 426 g/mol. The third-order valence-corrected chi connectivity index (χ3v) is 6.04. The minimum atomic E-state index is -3.83. The van der Waals surface area contributed by atoms with Crippen molar-refractivity contribution in [1.29, 1.82) is 0 Å². The number of methoxy groups -OCH3 is 2. The second-order valence-electron chi connectivity index (χ2n) is 5.91. The van der Waals surface area contributed by atoms with Crippen molar-refractivity contribution in [1.82, 2.24) is 4.31 Å². The van der Waals surface area contributed by atoms with Gasteiger partial charge in [0.05, 0.1) is 31.3 Å². The van der Waals surface area contributed by atoms with Gasteiger partial charge < -0.3 is 14.8 Å². The number of ether oxygens (including phenoxy) is 2. The van der Waals surface area contributed by atoms with Gasteiger partial charge in [-0.1, -0.05) is 18.5 Å². The second kappa shape index (κ2) is 9.77. The molecule has 0 radical (unpaired) electrons. The van der Waals surface area contributed by atoms with Crippen LogP contribution in [0.5, 0.6) is 11.5 Å². The Labute approximate surface area is 170 Å². The number of amides is 1. The maximum atomic E-state index is 12.9. The molecule has 0 aromatic heterocycles. The predicted molar refractivity (Wildman–Crippen MR) is 109 cm³/mol. The van der Waals surface area contributed by atoms with Crippen molar-refractivity contribution in [2.24, 2.45) is 0 Å². The zero-order valence-electron chi connectivity index (χ0n) is 15.9. The van der Waals surface area contributed by atoms with Crippen LogP contribution in [-0.4, -0.2) is 45.9 Å². The Bertz CT molecular complexity index is 916. The van der Waals surface area contributed by atoms with E-state index in [-0.39, 0.29) is 18.0 Å². The Morgan fingerprint density at radius 1 is 1.11 bits per heavy atom. The molecule has 0 bridgehead atoms. The van der Waals surface area contributed by atoms with Gasteiger partial charge in [0.15, 0.2) is 0 Å². The van der Waals surface area contributed by atoms with E-state index in [4.69, 9.17) is 21.1 Å². The summed E-state index contributed by atoms with van der Waals surface area (Å²) in [6.45, 7) is 1.72. The van der Waals surface area contributed by atoms with Crippen molar-refractivity contribution in [3.8, 4) is 11.5 Å². The van der Waals surface area contributed by atoms with Crippen molar-refractivity contribution >= 4 is 33.2 Å². The molecule has 9 heteroatoms. The Balaban J connectivity index is 2.20. The molecule has 1 N–H and O–H groups in total. The summed E-state index contributed by atoms with van der Waals surface area (Å²) in [7, 11) is -0.835. The molecule has 0 spiro atoms. The van der Waals surface area contributed by atoms with Crippen molar-refractivity contribution in [2.45, 2.75) is 18.2 Å². The lowest BCUT2D eigenvalue weighted by Crippen LogP contribution is -2.38. The van der Waals surface area contributed by atoms with Crippen molar-refractivity contribution in [3.63, 3.8) is 0 Å². The van der Waals surface area contributed by atoms with Crippen molar-refractivity contribution < 1.29 is 22.7 Å². The summed E-state index contributed by atoms with van der Waals surface area (Å²) in [5, 5.41) is 3.12. The van der Waals surface area contributed by atoms with E-state index in [0.717, 1.165) is 4.31 Å². The quantitative estimate of drug-likeness (QED) is 0.664. The van der Waals surface area contributed by atoms with Gasteiger partial charge in [0, 0.05) is 17.6 Å². The Morgan fingerprint density at radius 3 is 2.36 bits per heavy atom. The van der Waals surface area contributed by atoms with Gasteiger partial charge in [-0.2, -0.15) is 4.31 Å². The highest BCUT2D eigenvalue weighted by Gasteiger charge is 2.26. The summed E-state index contributed by atoms with van der Waals surface area (Å²) < 4.78 is 37.3. The number of carbonyl (C=O) groups is 1. The summed E-state index contributed by atoms with van der Waals surface area (Å²) in [4.78, 5) is 12.6. The summed E-state index contributed by atoms with van der Waals surface area (Å²) in [6, 6.07) is 10.8. The number of benzene rings is 2. The SMILES string of the molecule is CCCN(CC(=O)Nc1ccc(OC)cc1OC)S(=O)(=O)c1ccc(Cl)cc1. The number of nitrogens with one attached hydrogen (secondary N) is 1. The van der Waals surface area contributed by atoms with Crippen LogP contribution in [0.4, 0.5) is 5.69 Å². The maximum Gasteiger partial charge on any atom is 0.243 e. The van der Waals surface area contributed by atoms with Gasteiger partial charge in [0.1, 0.15) is 11.5 Å². The third kappa shape index (κ3) is 5.37. The van der Waals surface area contributed by atoms with Crippen LogP contribution >= 0.6 is 11.6 Å². The van der Waals surface area contributed by atoms with Gasteiger partial charge in [-0.25, -0.2) is 8.42 Å². The smallest absolute Gasteiger partial charge is 0.243 e. The van der Waals surface area contributed by atoms with Gasteiger partial charge >= 0.3 is 0 Å². The van der Waals surface area contributed by atoms with E-state index in [1.807, 2.05) is 6.92 Å². The first-order valence-corrected chi connectivity index (χ1v) is 10.4. The van der Waals surface area contributed by atoms with Crippen LogP contribution in [0.25, 0.3) is 0 Å². The van der Waals surface area contributed by atoms with Crippen LogP contribution in [0.1, 0.15) is 13.3 Å². The lowest BCUT2D eigenvalue weighted by atomic mass is 10.2. The fourth-order valence-electron chi connectivity index (χ4n) is 2.54. The molecule has 0 aliphatic heterocycles. The molecule has 7 nitrogen and oxygen atoms in total. The van der Waals surface area contributed by atoms with Gasteiger partial charge in [-0.15, -0.1) is 0 Å². The first-order valence-electron chi connectivity index (χ1n) is 8.59. The molecular weight excluding hydrogens is 404 g/mol. The van der Waals surface area contributed by atoms with E-state index >= 15 is 0 Å². The molecule has 0 atom stereocenters. The minimum Gasteiger partial charge on any atom is -0.497 e. The van der Waals surface area contributed by atoms with E-state index < -0.39 is 15.9 Å². The average molecular weight is 427 g/mol. The van der Waals surface area contributed by atoms with Crippen LogP contribution < -0.4 is 14.8 Å². The predicted octanol–water partition coefficient (Wildman–Crippen LogP) is 3.40. The molecule has 0 fully saturated rings. The fourth-order valence-corrected chi connectivity index (χ4v) is 4.16. The largest absolute Gasteiger partial charge is 0.497 e. The number of carbonyl (C=O) groups excluding carboxylic acids is 1.